The van der Waals surface area contributed by atoms with Crippen molar-refractivity contribution in [1.29, 1.82) is 5.26 Å². The van der Waals surface area contributed by atoms with Gasteiger partial charge in [0.1, 0.15) is 6.07 Å². The molecule has 1 radical (unpaired) electrons. The Morgan fingerprint density at radius 1 is 1.88 bits per heavy atom. The van der Waals surface area contributed by atoms with Crippen molar-refractivity contribution in [1.82, 2.24) is 9.55 Å². The molecule has 3 nitrogen and oxygen atoms in total. The molecule has 0 spiro atoms. The Labute approximate surface area is 47.2 Å². The zero-order valence-electron chi connectivity index (χ0n) is 4.20. The van der Waals surface area contributed by atoms with Gasteiger partial charge in [-0.15, -0.1) is 0 Å². The minimum Gasteiger partial charge on any atom is -0.334 e. The molecular weight excluding hydrogens is 102 g/mol. The molecule has 0 aliphatic heterocycles. The van der Waals surface area contributed by atoms with Gasteiger partial charge in [-0.2, -0.15) is 5.26 Å². The molecule has 1 rings (SSSR count). The third kappa shape index (κ3) is 0.684. The van der Waals surface area contributed by atoms with Crippen molar-refractivity contribution in [3.05, 3.63) is 25.3 Å². The Morgan fingerprint density at radius 2 is 2.62 bits per heavy atom. The second kappa shape index (κ2) is 1.66. The van der Waals surface area contributed by atoms with Crippen LogP contribution in [0.2, 0.25) is 0 Å². The van der Waals surface area contributed by atoms with Gasteiger partial charge < -0.3 is 4.57 Å². The molecule has 0 aromatic carbocycles. The number of hydrogen-bond acceptors (Lipinski definition) is 2. The first-order valence-corrected chi connectivity index (χ1v) is 2.08. The van der Waals surface area contributed by atoms with E-state index in [9.17, 15) is 0 Å². The molecule has 0 N–H and O–H groups in total. The van der Waals surface area contributed by atoms with Crippen molar-refractivity contribution in [3.63, 3.8) is 0 Å². The van der Waals surface area contributed by atoms with Crippen LogP contribution in [0.5, 0.6) is 0 Å². The van der Waals surface area contributed by atoms with Crippen LogP contribution in [0.25, 0.3) is 0 Å². The third-order valence-corrected chi connectivity index (χ3v) is 0.748. The van der Waals surface area contributed by atoms with Crippen molar-refractivity contribution >= 4 is 0 Å². The summed E-state index contributed by atoms with van der Waals surface area (Å²) in [6.07, 6.45) is 3.04. The molecule has 0 bridgehead atoms. The fourth-order valence-corrected chi connectivity index (χ4v) is 0.418. The monoisotopic (exact) mass is 106 g/mol. The SMILES string of the molecule is [CH2]n1cnc(C#N)c1. The number of aromatic nitrogens is 2. The van der Waals surface area contributed by atoms with E-state index in [1.54, 1.807) is 6.20 Å². The largest absolute Gasteiger partial charge is 0.334 e. The van der Waals surface area contributed by atoms with Crippen LogP contribution >= 0.6 is 0 Å². The fraction of sp³-hybridized carbons (Fsp3) is 0. The molecule has 8 heavy (non-hydrogen) atoms. The third-order valence-electron chi connectivity index (χ3n) is 0.748. The summed E-state index contributed by atoms with van der Waals surface area (Å²) in [5, 5.41) is 8.20. The van der Waals surface area contributed by atoms with Crippen LogP contribution in [0.15, 0.2) is 12.5 Å². The summed E-state index contributed by atoms with van der Waals surface area (Å²) in [5.74, 6) is 0. The quantitative estimate of drug-likeness (QED) is 0.480. The molecule has 0 saturated heterocycles. The van der Waals surface area contributed by atoms with Gasteiger partial charge in [-0.1, -0.05) is 0 Å². The lowest BCUT2D eigenvalue weighted by Gasteiger charge is -1.76. The second-order valence-corrected chi connectivity index (χ2v) is 1.38. The van der Waals surface area contributed by atoms with Gasteiger partial charge in [0, 0.05) is 13.2 Å². The van der Waals surface area contributed by atoms with Crippen molar-refractivity contribution in [2.75, 3.05) is 0 Å². The molecule has 0 unspecified atom stereocenters. The summed E-state index contributed by atoms with van der Waals surface area (Å²) in [5.41, 5.74) is 0.403. The Morgan fingerprint density at radius 3 is 2.88 bits per heavy atom. The van der Waals surface area contributed by atoms with Crippen LogP contribution in [0.3, 0.4) is 0 Å². The van der Waals surface area contributed by atoms with Gasteiger partial charge >= 0.3 is 0 Å². The molecule has 3 heteroatoms. The average molecular weight is 106 g/mol. The number of nitriles is 1. The number of nitrogens with zero attached hydrogens (tertiary/aromatic N) is 3. The summed E-state index contributed by atoms with van der Waals surface area (Å²) in [6.45, 7) is 0. The summed E-state index contributed by atoms with van der Waals surface area (Å²) in [6, 6.07) is 1.88. The van der Waals surface area contributed by atoms with Crippen molar-refractivity contribution in [2.45, 2.75) is 0 Å². The minimum absolute atomic E-state index is 0.403. The molecule has 0 fully saturated rings. The molecule has 0 aliphatic rings. The van der Waals surface area contributed by atoms with Crippen molar-refractivity contribution in [2.24, 2.45) is 0 Å². The molecule has 0 saturated carbocycles. The lowest BCUT2D eigenvalue weighted by atomic mass is 10.5. The molecule has 0 atom stereocenters. The lowest BCUT2D eigenvalue weighted by molar-refractivity contribution is 1.06. The van der Waals surface area contributed by atoms with Crippen molar-refractivity contribution < 1.29 is 0 Å². The van der Waals surface area contributed by atoms with Gasteiger partial charge in [-0.05, 0) is 0 Å². The van der Waals surface area contributed by atoms with Gasteiger partial charge in [-0.25, -0.2) is 4.98 Å². The van der Waals surface area contributed by atoms with Crippen LogP contribution < -0.4 is 0 Å². The normalized spacial score (nSPS) is 8.50. The number of hydrogen-bond donors (Lipinski definition) is 0. The number of rotatable bonds is 0. The van der Waals surface area contributed by atoms with E-state index in [1.165, 1.54) is 10.9 Å². The maximum absolute atomic E-state index is 8.20. The molecule has 1 aromatic rings. The van der Waals surface area contributed by atoms with E-state index in [-0.39, 0.29) is 0 Å². The molecule has 39 valence electrons. The lowest BCUT2D eigenvalue weighted by Crippen LogP contribution is -1.73. The highest BCUT2D eigenvalue weighted by Gasteiger charge is 1.88. The summed E-state index contributed by atoms with van der Waals surface area (Å²) >= 11 is 0. The van der Waals surface area contributed by atoms with Gasteiger partial charge in [0.05, 0.1) is 6.33 Å². The van der Waals surface area contributed by atoms with E-state index in [4.69, 9.17) is 5.26 Å². The first-order chi connectivity index (χ1) is 3.83. The second-order valence-electron chi connectivity index (χ2n) is 1.38. The summed E-state index contributed by atoms with van der Waals surface area (Å²) in [4.78, 5) is 3.67. The Hall–Kier alpha value is -1.30. The summed E-state index contributed by atoms with van der Waals surface area (Å²) in [7, 11) is 3.49. The van der Waals surface area contributed by atoms with Crippen LogP contribution in [-0.2, 0) is 0 Å². The van der Waals surface area contributed by atoms with E-state index >= 15 is 0 Å². The molecule has 0 amide bonds. The van der Waals surface area contributed by atoms with Crippen LogP contribution in [-0.4, -0.2) is 9.55 Å². The van der Waals surface area contributed by atoms with Crippen LogP contribution in [0, 0.1) is 18.4 Å². The van der Waals surface area contributed by atoms with E-state index in [2.05, 4.69) is 12.0 Å². The molecule has 1 aromatic heterocycles. The van der Waals surface area contributed by atoms with Crippen LogP contribution in [0.4, 0.5) is 0 Å². The Bertz CT molecular complexity index is 218. The van der Waals surface area contributed by atoms with Crippen LogP contribution in [0.1, 0.15) is 5.69 Å². The number of imidazole rings is 1. The van der Waals surface area contributed by atoms with E-state index in [0.717, 1.165) is 0 Å². The Kier molecular flexibility index (Phi) is 1.01. The van der Waals surface area contributed by atoms with Crippen molar-refractivity contribution in [3.8, 4) is 6.07 Å². The predicted octanol–water partition coefficient (Wildman–Crippen LogP) is 0.394. The predicted molar refractivity (Wildman–Crippen MR) is 27.7 cm³/mol. The molecule has 1 heterocycles. The average Bonchev–Trinajstić information content (AvgIpc) is 2.14. The fourth-order valence-electron chi connectivity index (χ4n) is 0.418. The summed E-state index contributed by atoms with van der Waals surface area (Å²) < 4.78 is 1.48. The maximum atomic E-state index is 8.20. The Balaban J connectivity index is 3.05. The molecule has 0 aliphatic carbocycles. The smallest absolute Gasteiger partial charge is 0.158 e. The first kappa shape index (κ1) is 4.85. The highest BCUT2D eigenvalue weighted by atomic mass is 15.0. The highest BCUT2D eigenvalue weighted by Crippen LogP contribution is 1.88. The zero-order chi connectivity index (χ0) is 5.98. The van der Waals surface area contributed by atoms with Gasteiger partial charge in [0.2, 0.25) is 0 Å². The zero-order valence-corrected chi connectivity index (χ0v) is 4.20. The standard InChI is InChI=1S/C5H4N3/c1-8-3-5(2-6)7-4-8/h3-4H,1H2. The van der Waals surface area contributed by atoms with E-state index in [1.807, 2.05) is 6.07 Å². The maximum Gasteiger partial charge on any atom is 0.158 e. The minimum atomic E-state index is 0.403. The highest BCUT2D eigenvalue weighted by molar-refractivity contribution is 5.15. The van der Waals surface area contributed by atoms with Gasteiger partial charge in [0.15, 0.2) is 5.69 Å². The van der Waals surface area contributed by atoms with Gasteiger partial charge in [-0.3, -0.25) is 0 Å². The topological polar surface area (TPSA) is 41.6 Å². The van der Waals surface area contributed by atoms with E-state index < -0.39 is 0 Å². The molecular formula is C5H4N3. The first-order valence-electron chi connectivity index (χ1n) is 2.08. The van der Waals surface area contributed by atoms with E-state index in [0.29, 0.717) is 5.69 Å². The van der Waals surface area contributed by atoms with Gasteiger partial charge in [0.25, 0.3) is 0 Å².